The second-order valence-corrected chi connectivity index (χ2v) is 9.99. The third kappa shape index (κ3) is 4.73. The van der Waals surface area contributed by atoms with Crippen LogP contribution in [0.25, 0.3) is 22.3 Å². The predicted molar refractivity (Wildman–Crippen MR) is 152 cm³/mol. The molecular weight excluding hydrogens is 524 g/mol. The number of halogens is 3. The first-order valence-corrected chi connectivity index (χ1v) is 13.0. The molecule has 0 spiro atoms. The van der Waals surface area contributed by atoms with Gasteiger partial charge in [-0.1, -0.05) is 53.5 Å². The Balaban J connectivity index is 1.35. The predicted octanol–water partition coefficient (Wildman–Crippen LogP) is 5.90. The van der Waals surface area contributed by atoms with E-state index in [-0.39, 0.29) is 5.82 Å². The van der Waals surface area contributed by atoms with Gasteiger partial charge in [-0.25, -0.2) is 14.1 Å². The molecule has 0 bridgehead atoms. The van der Waals surface area contributed by atoms with Crippen molar-refractivity contribution in [2.45, 2.75) is 6.54 Å². The Bertz CT molecular complexity index is 1600. The summed E-state index contributed by atoms with van der Waals surface area (Å²) >= 11 is 12.3. The molecule has 0 aliphatic carbocycles. The number of hydrogen-bond donors (Lipinski definition) is 1. The minimum atomic E-state index is -0.314. The average Bonchev–Trinajstić information content (AvgIpc) is 3.25. The van der Waals surface area contributed by atoms with Crippen LogP contribution in [0, 0.1) is 5.82 Å². The van der Waals surface area contributed by atoms with E-state index in [1.165, 1.54) is 12.1 Å². The normalized spacial score (nSPS) is 13.9. The van der Waals surface area contributed by atoms with Crippen LogP contribution in [0.3, 0.4) is 0 Å². The first-order chi connectivity index (χ1) is 18.5. The number of hydrogen-bond acceptors (Lipinski definition) is 6. The number of aromatic nitrogens is 4. The van der Waals surface area contributed by atoms with Gasteiger partial charge in [0, 0.05) is 37.4 Å². The lowest BCUT2D eigenvalue weighted by Crippen LogP contribution is -2.47. The lowest BCUT2D eigenvalue weighted by atomic mass is 10.1. The number of rotatable bonds is 5. The van der Waals surface area contributed by atoms with Crippen LogP contribution < -0.4 is 15.5 Å². The molecule has 0 amide bonds. The Morgan fingerprint density at radius 1 is 0.816 bits per heavy atom. The smallest absolute Gasteiger partial charge is 0.228 e. The number of fused-ring (bicyclic) bond motifs is 1. The van der Waals surface area contributed by atoms with Gasteiger partial charge in [-0.05, 0) is 48.0 Å². The first-order valence-electron chi connectivity index (χ1n) is 12.2. The molecular formula is C28H24Cl2FN7. The largest absolute Gasteiger partial charge is 0.383 e. The van der Waals surface area contributed by atoms with Gasteiger partial charge in [0.05, 0.1) is 27.7 Å². The molecule has 2 N–H and O–H groups in total. The van der Waals surface area contributed by atoms with Gasteiger partial charge in [-0.15, -0.1) is 5.10 Å². The van der Waals surface area contributed by atoms with E-state index in [9.17, 15) is 4.39 Å². The molecule has 1 aliphatic heterocycles. The van der Waals surface area contributed by atoms with E-state index in [0.29, 0.717) is 58.2 Å². The van der Waals surface area contributed by atoms with Crippen LogP contribution in [0.4, 0.5) is 21.8 Å². The molecule has 0 atom stereocenters. The monoisotopic (exact) mass is 547 g/mol. The lowest BCUT2D eigenvalue weighted by Gasteiger charge is -2.36. The van der Waals surface area contributed by atoms with Gasteiger partial charge in [-0.2, -0.15) is 4.98 Å². The molecule has 1 saturated heterocycles. The fraction of sp³-hybridized carbons (Fsp3) is 0.179. The zero-order chi connectivity index (χ0) is 26.2. The van der Waals surface area contributed by atoms with E-state index >= 15 is 0 Å². The van der Waals surface area contributed by atoms with E-state index in [2.05, 4.69) is 9.80 Å². The summed E-state index contributed by atoms with van der Waals surface area (Å²) in [5, 5.41) is 6.48. The fourth-order valence-corrected chi connectivity index (χ4v) is 5.02. The molecule has 10 heteroatoms. The SMILES string of the molecule is Nc1c2c(-c3ccc(F)cc3)nc(N3CCN(c4ccc(Cl)c(Cl)c4)CC3)nc2nn1Cc1ccccc1. The van der Waals surface area contributed by atoms with Gasteiger partial charge < -0.3 is 15.5 Å². The van der Waals surface area contributed by atoms with Crippen LogP contribution in [0.2, 0.25) is 10.0 Å². The lowest BCUT2D eigenvalue weighted by molar-refractivity contribution is 0.628. The number of piperazine rings is 1. The molecule has 38 heavy (non-hydrogen) atoms. The highest BCUT2D eigenvalue weighted by molar-refractivity contribution is 6.42. The molecule has 1 aliphatic rings. The zero-order valence-electron chi connectivity index (χ0n) is 20.4. The van der Waals surface area contributed by atoms with Gasteiger partial charge in [0.25, 0.3) is 0 Å². The molecule has 3 aromatic carbocycles. The third-order valence-electron chi connectivity index (χ3n) is 6.75. The van der Waals surface area contributed by atoms with Crippen LogP contribution in [0.15, 0.2) is 72.8 Å². The van der Waals surface area contributed by atoms with Crippen LogP contribution >= 0.6 is 23.2 Å². The highest BCUT2D eigenvalue weighted by Gasteiger charge is 2.24. The summed E-state index contributed by atoms with van der Waals surface area (Å²) in [4.78, 5) is 14.1. The number of nitrogens with two attached hydrogens (primary N) is 1. The summed E-state index contributed by atoms with van der Waals surface area (Å²) in [6.07, 6.45) is 0. The molecule has 192 valence electrons. The Labute approximate surface area is 229 Å². The van der Waals surface area contributed by atoms with Gasteiger partial charge >= 0.3 is 0 Å². The Hall–Kier alpha value is -3.88. The molecule has 2 aromatic heterocycles. The van der Waals surface area contributed by atoms with Gasteiger partial charge in [-0.3, -0.25) is 0 Å². The summed E-state index contributed by atoms with van der Waals surface area (Å²) in [7, 11) is 0. The summed E-state index contributed by atoms with van der Waals surface area (Å²) < 4.78 is 15.5. The summed E-state index contributed by atoms with van der Waals surface area (Å²) in [6.45, 7) is 3.43. The Morgan fingerprint density at radius 3 is 2.24 bits per heavy atom. The molecule has 3 heterocycles. The van der Waals surface area contributed by atoms with Crippen molar-refractivity contribution in [2.24, 2.45) is 0 Å². The van der Waals surface area contributed by atoms with Crippen molar-refractivity contribution < 1.29 is 4.39 Å². The summed E-state index contributed by atoms with van der Waals surface area (Å²) in [5.74, 6) is 0.722. The fourth-order valence-electron chi connectivity index (χ4n) is 4.72. The van der Waals surface area contributed by atoms with E-state index in [4.69, 9.17) is 44.0 Å². The van der Waals surface area contributed by atoms with Gasteiger partial charge in [0.15, 0.2) is 5.65 Å². The highest BCUT2D eigenvalue weighted by atomic mass is 35.5. The maximum Gasteiger partial charge on any atom is 0.228 e. The third-order valence-corrected chi connectivity index (χ3v) is 7.49. The zero-order valence-corrected chi connectivity index (χ0v) is 21.9. The Morgan fingerprint density at radius 2 is 1.53 bits per heavy atom. The number of benzene rings is 3. The second kappa shape index (κ2) is 10.1. The van der Waals surface area contributed by atoms with E-state index in [1.807, 2.05) is 48.5 Å². The van der Waals surface area contributed by atoms with Gasteiger partial charge in [0.2, 0.25) is 5.95 Å². The topological polar surface area (TPSA) is 76.1 Å². The molecule has 7 nitrogen and oxygen atoms in total. The van der Waals surface area contributed by atoms with E-state index in [0.717, 1.165) is 29.9 Å². The van der Waals surface area contributed by atoms with E-state index in [1.54, 1.807) is 16.8 Å². The molecule has 6 rings (SSSR count). The van der Waals surface area contributed by atoms with Crippen molar-refractivity contribution in [3.63, 3.8) is 0 Å². The number of anilines is 3. The van der Waals surface area contributed by atoms with Crippen molar-refractivity contribution in [1.29, 1.82) is 0 Å². The maximum absolute atomic E-state index is 13.7. The van der Waals surface area contributed by atoms with Gasteiger partial charge in [0.1, 0.15) is 11.6 Å². The van der Waals surface area contributed by atoms with Crippen molar-refractivity contribution in [3.05, 3.63) is 94.2 Å². The molecule has 0 saturated carbocycles. The van der Waals surface area contributed by atoms with Crippen molar-refractivity contribution in [1.82, 2.24) is 19.7 Å². The van der Waals surface area contributed by atoms with Crippen LogP contribution in [-0.2, 0) is 6.54 Å². The maximum atomic E-state index is 13.7. The quantitative estimate of drug-likeness (QED) is 0.295. The molecule has 5 aromatic rings. The molecule has 0 radical (unpaired) electrons. The minimum absolute atomic E-state index is 0.314. The Kier molecular flexibility index (Phi) is 6.51. The van der Waals surface area contributed by atoms with Crippen molar-refractivity contribution in [3.8, 4) is 11.3 Å². The van der Waals surface area contributed by atoms with Crippen LogP contribution in [-0.4, -0.2) is 45.9 Å². The average molecular weight is 548 g/mol. The van der Waals surface area contributed by atoms with Crippen molar-refractivity contribution in [2.75, 3.05) is 41.7 Å². The standard InChI is InChI=1S/C28H24Cl2FN7/c29-22-11-10-21(16-23(22)30)36-12-14-37(15-13-36)28-33-25(19-6-8-20(31)9-7-19)24-26(32)38(35-27(24)34-28)17-18-4-2-1-3-5-18/h1-11,16H,12-15,17,32H2. The number of nitrogens with zero attached hydrogens (tertiary/aromatic N) is 6. The van der Waals surface area contributed by atoms with Crippen molar-refractivity contribution >= 4 is 51.7 Å². The summed E-state index contributed by atoms with van der Waals surface area (Å²) in [5.41, 5.74) is 10.6. The van der Waals surface area contributed by atoms with Crippen LogP contribution in [0.5, 0.6) is 0 Å². The minimum Gasteiger partial charge on any atom is -0.383 e. The second-order valence-electron chi connectivity index (χ2n) is 9.18. The highest BCUT2D eigenvalue weighted by Crippen LogP contribution is 2.33. The molecule has 0 unspecified atom stereocenters. The van der Waals surface area contributed by atoms with E-state index < -0.39 is 0 Å². The molecule has 1 fully saturated rings. The summed E-state index contributed by atoms with van der Waals surface area (Å²) in [6, 6.07) is 21.9. The van der Waals surface area contributed by atoms with Crippen LogP contribution in [0.1, 0.15) is 5.56 Å². The number of nitrogen functional groups attached to an aromatic ring is 1. The first kappa shape index (κ1) is 24.5.